The zero-order valence-corrected chi connectivity index (χ0v) is 12.1. The van der Waals surface area contributed by atoms with E-state index in [2.05, 4.69) is 15.9 Å². The minimum Gasteiger partial charge on any atom is -0.122 e. The van der Waals surface area contributed by atoms with E-state index in [1.165, 1.54) is 51.4 Å². The van der Waals surface area contributed by atoms with Crippen LogP contribution in [0.25, 0.3) is 0 Å². The lowest BCUT2D eigenvalue weighted by atomic mass is 9.75. The summed E-state index contributed by atoms with van der Waals surface area (Å²) < 4.78 is 0.530. The Bertz CT molecular complexity index is 309. The minimum absolute atomic E-state index is 0.488. The van der Waals surface area contributed by atoms with Gasteiger partial charge in [-0.2, -0.15) is 0 Å². The Kier molecular flexibility index (Phi) is 2.14. The average molecular weight is 304 g/mol. The van der Waals surface area contributed by atoms with Gasteiger partial charge in [-0.25, -0.2) is 0 Å². The molecule has 4 aliphatic carbocycles. The highest BCUT2D eigenvalue weighted by atomic mass is 79.9. The van der Waals surface area contributed by atoms with Crippen LogP contribution in [-0.4, -0.2) is 9.70 Å². The molecule has 0 aliphatic heterocycles. The topological polar surface area (TPSA) is 0 Å². The molecule has 4 fully saturated rings. The fraction of sp³-hybridized carbons (Fsp3) is 1.00. The van der Waals surface area contributed by atoms with E-state index in [0.29, 0.717) is 15.1 Å². The standard InChI is InChI=1S/C14H20BrCl/c15-14-10-7-4-8-11(14)13(10,14)12(16)9-5-2-1-3-6-9/h9-12H,1-8H2. The van der Waals surface area contributed by atoms with Crippen LogP contribution in [0.2, 0.25) is 0 Å². The first-order valence-corrected chi connectivity index (χ1v) is 8.30. The number of halogens is 2. The zero-order chi connectivity index (χ0) is 11.0. The van der Waals surface area contributed by atoms with E-state index < -0.39 is 0 Å². The fourth-order valence-electron chi connectivity index (χ4n) is 5.40. The van der Waals surface area contributed by atoms with Gasteiger partial charge in [-0.05, 0) is 43.4 Å². The van der Waals surface area contributed by atoms with Gasteiger partial charge in [-0.3, -0.25) is 0 Å². The van der Waals surface area contributed by atoms with Gasteiger partial charge in [0.25, 0.3) is 0 Å². The molecule has 4 rings (SSSR count). The first-order chi connectivity index (χ1) is 7.74. The molecule has 90 valence electrons. The fourth-order valence-corrected chi connectivity index (χ4v) is 8.05. The van der Waals surface area contributed by atoms with Crippen LogP contribution < -0.4 is 0 Å². The van der Waals surface area contributed by atoms with Gasteiger partial charge in [0, 0.05) is 15.1 Å². The third-order valence-corrected chi connectivity index (χ3v) is 8.68. The van der Waals surface area contributed by atoms with E-state index in [4.69, 9.17) is 11.6 Å². The highest BCUT2D eigenvalue weighted by Crippen LogP contribution is 2.97. The molecular weight excluding hydrogens is 284 g/mol. The molecule has 3 atom stereocenters. The van der Waals surface area contributed by atoms with E-state index in [0.717, 1.165) is 17.8 Å². The number of fused-ring (bicyclic) bond motifs is 2. The lowest BCUT2D eigenvalue weighted by molar-refractivity contribution is 0.220. The van der Waals surface area contributed by atoms with E-state index in [1.807, 2.05) is 0 Å². The Morgan fingerprint density at radius 3 is 2.12 bits per heavy atom. The molecule has 0 amide bonds. The van der Waals surface area contributed by atoms with E-state index >= 15 is 0 Å². The van der Waals surface area contributed by atoms with Crippen molar-refractivity contribution >= 4 is 27.5 Å². The van der Waals surface area contributed by atoms with Crippen molar-refractivity contribution in [1.82, 2.24) is 0 Å². The van der Waals surface area contributed by atoms with Gasteiger partial charge >= 0.3 is 0 Å². The minimum atomic E-state index is 0.488. The van der Waals surface area contributed by atoms with Crippen LogP contribution in [0.1, 0.15) is 51.4 Å². The highest BCUT2D eigenvalue weighted by molar-refractivity contribution is 9.10. The molecule has 0 radical (unpaired) electrons. The van der Waals surface area contributed by atoms with Crippen LogP contribution in [0.3, 0.4) is 0 Å². The first-order valence-electron chi connectivity index (χ1n) is 7.07. The van der Waals surface area contributed by atoms with Gasteiger partial charge in [-0.1, -0.05) is 41.6 Å². The second-order valence-electron chi connectivity index (χ2n) is 6.54. The smallest absolute Gasteiger partial charge is 0.0440 e. The molecule has 0 heterocycles. The number of hydrogen-bond donors (Lipinski definition) is 0. The Morgan fingerprint density at radius 2 is 1.56 bits per heavy atom. The van der Waals surface area contributed by atoms with Crippen molar-refractivity contribution < 1.29 is 0 Å². The van der Waals surface area contributed by atoms with Crippen LogP contribution in [-0.2, 0) is 0 Å². The second-order valence-corrected chi connectivity index (χ2v) is 8.32. The lowest BCUT2D eigenvalue weighted by Gasteiger charge is -2.34. The summed E-state index contributed by atoms with van der Waals surface area (Å²) in [6.07, 6.45) is 11.4. The molecular formula is C14H20BrCl. The summed E-state index contributed by atoms with van der Waals surface area (Å²) in [5.41, 5.74) is 0.564. The molecule has 16 heavy (non-hydrogen) atoms. The predicted octanol–water partition coefficient (Wildman–Crippen LogP) is 4.74. The third kappa shape index (κ3) is 0.969. The monoisotopic (exact) mass is 302 g/mol. The second kappa shape index (κ2) is 3.20. The summed E-state index contributed by atoms with van der Waals surface area (Å²) >= 11 is 10.9. The SMILES string of the molecule is ClC(C1CCCCC1)C12C3CCCC1C32Br. The third-order valence-electron chi connectivity index (χ3n) is 6.17. The van der Waals surface area contributed by atoms with Gasteiger partial charge in [0.2, 0.25) is 0 Å². The van der Waals surface area contributed by atoms with Crippen LogP contribution in [0.5, 0.6) is 0 Å². The van der Waals surface area contributed by atoms with Crippen LogP contribution >= 0.6 is 27.5 Å². The molecule has 0 aromatic rings. The predicted molar refractivity (Wildman–Crippen MR) is 71.1 cm³/mol. The van der Waals surface area contributed by atoms with Crippen molar-refractivity contribution in [3.05, 3.63) is 0 Å². The summed E-state index contributed by atoms with van der Waals surface area (Å²) in [5, 5.41) is 0.488. The lowest BCUT2D eigenvalue weighted by Crippen LogP contribution is -2.30. The summed E-state index contributed by atoms with van der Waals surface area (Å²) in [7, 11) is 0. The van der Waals surface area contributed by atoms with Crippen molar-refractivity contribution in [3.8, 4) is 0 Å². The van der Waals surface area contributed by atoms with Crippen LogP contribution in [0, 0.1) is 23.2 Å². The molecule has 0 nitrogen and oxygen atoms in total. The zero-order valence-electron chi connectivity index (χ0n) is 9.72. The molecule has 0 N–H and O–H groups in total. The van der Waals surface area contributed by atoms with Gasteiger partial charge in [0.05, 0.1) is 0 Å². The number of alkyl halides is 2. The Morgan fingerprint density at radius 1 is 0.938 bits per heavy atom. The maximum absolute atomic E-state index is 6.90. The molecule has 0 aromatic carbocycles. The molecule has 3 unspecified atom stereocenters. The largest absolute Gasteiger partial charge is 0.122 e. The Balaban J connectivity index is 1.55. The van der Waals surface area contributed by atoms with Crippen LogP contribution in [0.15, 0.2) is 0 Å². The summed E-state index contributed by atoms with van der Waals surface area (Å²) in [4.78, 5) is 0. The molecule has 4 aliphatic rings. The Labute approximate surface area is 112 Å². The Hall–Kier alpha value is 0.770. The van der Waals surface area contributed by atoms with Crippen molar-refractivity contribution in [2.75, 3.05) is 0 Å². The molecule has 0 spiro atoms. The average Bonchev–Trinajstić information content (AvgIpc) is 3.14. The van der Waals surface area contributed by atoms with Gasteiger partial charge in [0.1, 0.15) is 0 Å². The number of hydrogen-bond acceptors (Lipinski definition) is 0. The van der Waals surface area contributed by atoms with E-state index in [9.17, 15) is 0 Å². The van der Waals surface area contributed by atoms with Crippen molar-refractivity contribution in [2.45, 2.75) is 61.1 Å². The van der Waals surface area contributed by atoms with Crippen molar-refractivity contribution in [2.24, 2.45) is 23.2 Å². The molecule has 0 bridgehead atoms. The molecule has 2 heteroatoms. The molecule has 0 aromatic heterocycles. The number of rotatable bonds is 2. The van der Waals surface area contributed by atoms with E-state index in [-0.39, 0.29) is 0 Å². The summed E-state index contributed by atoms with van der Waals surface area (Å²) in [5.74, 6) is 2.73. The molecule has 0 saturated heterocycles. The maximum Gasteiger partial charge on any atom is 0.0440 e. The quantitative estimate of drug-likeness (QED) is 0.647. The van der Waals surface area contributed by atoms with Crippen LogP contribution in [0.4, 0.5) is 0 Å². The van der Waals surface area contributed by atoms with Gasteiger partial charge in [-0.15, -0.1) is 11.6 Å². The highest BCUT2D eigenvalue weighted by Gasteiger charge is 2.98. The first kappa shape index (κ1) is 10.7. The van der Waals surface area contributed by atoms with Crippen molar-refractivity contribution in [1.29, 1.82) is 0 Å². The van der Waals surface area contributed by atoms with Gasteiger partial charge in [0.15, 0.2) is 0 Å². The van der Waals surface area contributed by atoms with Gasteiger partial charge < -0.3 is 0 Å². The van der Waals surface area contributed by atoms with E-state index in [1.54, 1.807) is 0 Å². The summed E-state index contributed by atoms with van der Waals surface area (Å²) in [6, 6.07) is 0. The molecule has 4 saturated carbocycles. The van der Waals surface area contributed by atoms with Crippen molar-refractivity contribution in [3.63, 3.8) is 0 Å². The maximum atomic E-state index is 6.90. The normalized spacial score (nSPS) is 56.6. The summed E-state index contributed by atoms with van der Waals surface area (Å²) in [6.45, 7) is 0.